The lowest BCUT2D eigenvalue weighted by Gasteiger charge is -2.36. The van der Waals surface area contributed by atoms with Gasteiger partial charge in [-0.25, -0.2) is 0 Å². The van der Waals surface area contributed by atoms with Crippen molar-refractivity contribution in [3.8, 4) is 0 Å². The topological polar surface area (TPSA) is 49.4 Å². The molecule has 1 saturated heterocycles. The minimum Gasteiger partial charge on any atom is -0.349 e. The monoisotopic (exact) mass is 378 g/mol. The van der Waals surface area contributed by atoms with Crippen LogP contribution >= 0.6 is 0 Å². The van der Waals surface area contributed by atoms with E-state index in [1.54, 1.807) is 0 Å². The molecule has 2 aromatic rings. The molecule has 1 aliphatic rings. The quantitative estimate of drug-likeness (QED) is 0.817. The predicted octanol–water partition coefficient (Wildman–Crippen LogP) is 4.24. The van der Waals surface area contributed by atoms with E-state index in [-0.39, 0.29) is 23.8 Å². The van der Waals surface area contributed by atoms with E-state index in [0.717, 1.165) is 24.8 Å². The van der Waals surface area contributed by atoms with E-state index < -0.39 is 0 Å². The molecule has 0 radical (unpaired) electrons. The van der Waals surface area contributed by atoms with Gasteiger partial charge in [-0.3, -0.25) is 9.59 Å². The number of piperidine rings is 1. The van der Waals surface area contributed by atoms with Gasteiger partial charge in [-0.15, -0.1) is 0 Å². The number of likely N-dealkylation sites (tertiary alicyclic amines) is 1. The highest BCUT2D eigenvalue weighted by Crippen LogP contribution is 2.30. The average molecular weight is 379 g/mol. The predicted molar refractivity (Wildman–Crippen MR) is 112 cm³/mol. The highest BCUT2D eigenvalue weighted by Gasteiger charge is 2.32. The molecule has 0 saturated carbocycles. The molecule has 0 aromatic heterocycles. The Morgan fingerprint density at radius 1 is 1.00 bits per heavy atom. The Bertz CT molecular complexity index is 768. The van der Waals surface area contributed by atoms with Crippen LogP contribution in [-0.2, 0) is 4.79 Å². The van der Waals surface area contributed by atoms with E-state index in [1.165, 1.54) is 0 Å². The molecule has 4 nitrogen and oxygen atoms in total. The Balaban J connectivity index is 1.60. The van der Waals surface area contributed by atoms with Crippen molar-refractivity contribution in [2.24, 2.45) is 5.92 Å². The summed E-state index contributed by atoms with van der Waals surface area (Å²) in [5.41, 5.74) is 1.78. The zero-order valence-electron chi connectivity index (χ0n) is 16.8. The molecule has 3 rings (SSSR count). The fraction of sp³-hybridized carbons (Fsp3) is 0.417. The lowest BCUT2D eigenvalue weighted by atomic mass is 9.84. The van der Waals surface area contributed by atoms with Crippen molar-refractivity contribution in [1.82, 2.24) is 10.2 Å². The number of carbonyl (C=O) groups excluding carboxylic acids is 2. The van der Waals surface area contributed by atoms with E-state index in [9.17, 15) is 9.59 Å². The number of nitrogens with zero attached hydrogens (tertiary/aromatic N) is 1. The Kier molecular flexibility index (Phi) is 6.85. The summed E-state index contributed by atoms with van der Waals surface area (Å²) >= 11 is 0. The molecule has 1 fully saturated rings. The molecule has 1 heterocycles. The number of carbonyl (C=O) groups is 2. The molecular formula is C24H30N2O2. The summed E-state index contributed by atoms with van der Waals surface area (Å²) in [7, 11) is 0. The summed E-state index contributed by atoms with van der Waals surface area (Å²) < 4.78 is 0. The third kappa shape index (κ3) is 4.80. The van der Waals surface area contributed by atoms with Crippen molar-refractivity contribution in [3.05, 3.63) is 71.8 Å². The van der Waals surface area contributed by atoms with Crippen molar-refractivity contribution in [2.75, 3.05) is 13.1 Å². The van der Waals surface area contributed by atoms with Crippen LogP contribution in [0.4, 0.5) is 0 Å². The Morgan fingerprint density at radius 3 is 2.14 bits per heavy atom. The van der Waals surface area contributed by atoms with Gasteiger partial charge in [0.05, 0.1) is 5.92 Å². The summed E-state index contributed by atoms with van der Waals surface area (Å²) in [6.07, 6.45) is 2.56. The van der Waals surface area contributed by atoms with Crippen LogP contribution in [0.1, 0.15) is 54.9 Å². The first-order valence-corrected chi connectivity index (χ1v) is 10.3. The smallest absolute Gasteiger partial charge is 0.251 e. The first-order chi connectivity index (χ1) is 13.6. The molecule has 0 spiro atoms. The number of benzene rings is 2. The molecule has 2 aromatic carbocycles. The Labute approximate surface area is 167 Å². The zero-order chi connectivity index (χ0) is 19.9. The van der Waals surface area contributed by atoms with Crippen molar-refractivity contribution in [2.45, 2.75) is 45.1 Å². The number of hydrogen-bond acceptors (Lipinski definition) is 2. The van der Waals surface area contributed by atoms with Gasteiger partial charge in [0.15, 0.2) is 0 Å². The molecule has 0 aliphatic carbocycles. The second kappa shape index (κ2) is 9.54. The number of nitrogens with one attached hydrogen (secondary N) is 1. The molecule has 2 amide bonds. The fourth-order valence-electron chi connectivity index (χ4n) is 3.91. The molecule has 1 aliphatic heterocycles. The van der Waals surface area contributed by atoms with Crippen molar-refractivity contribution in [1.29, 1.82) is 0 Å². The summed E-state index contributed by atoms with van der Waals surface area (Å²) in [6, 6.07) is 19.5. The lowest BCUT2D eigenvalue weighted by Crippen LogP contribution is -2.48. The summed E-state index contributed by atoms with van der Waals surface area (Å²) in [6.45, 7) is 5.68. The van der Waals surface area contributed by atoms with Crippen LogP contribution in [0.2, 0.25) is 0 Å². The second-order valence-corrected chi connectivity index (χ2v) is 7.71. The van der Waals surface area contributed by atoms with E-state index in [4.69, 9.17) is 0 Å². The maximum absolute atomic E-state index is 13.3. The van der Waals surface area contributed by atoms with E-state index in [0.29, 0.717) is 24.6 Å². The van der Waals surface area contributed by atoms with Crippen molar-refractivity contribution < 1.29 is 9.59 Å². The highest BCUT2D eigenvalue weighted by atomic mass is 16.2. The number of amides is 2. The standard InChI is InChI=1S/C24H30N2O2/c1-3-18(2)22(19-10-6-4-7-11-19)24(28)26-16-14-21(15-17-26)25-23(27)20-12-8-5-9-13-20/h4-13,18,21-22H,3,14-17H2,1-2H3,(H,25,27). The lowest BCUT2D eigenvalue weighted by molar-refractivity contribution is -0.135. The first kappa shape index (κ1) is 20.1. The molecule has 1 N–H and O–H groups in total. The van der Waals surface area contributed by atoms with Gasteiger partial charge in [0.1, 0.15) is 0 Å². The summed E-state index contributed by atoms with van der Waals surface area (Å²) in [5.74, 6) is 0.382. The van der Waals surface area contributed by atoms with Crippen LogP contribution in [0.25, 0.3) is 0 Å². The number of rotatable bonds is 6. The van der Waals surface area contributed by atoms with Gasteiger partial charge in [0, 0.05) is 24.7 Å². The van der Waals surface area contributed by atoms with Crippen LogP contribution in [0.5, 0.6) is 0 Å². The summed E-state index contributed by atoms with van der Waals surface area (Å²) in [5, 5.41) is 3.11. The molecule has 148 valence electrons. The molecule has 4 heteroatoms. The van der Waals surface area contributed by atoms with Gasteiger partial charge in [0.2, 0.25) is 5.91 Å². The van der Waals surface area contributed by atoms with E-state index in [1.807, 2.05) is 53.4 Å². The van der Waals surface area contributed by atoms with E-state index in [2.05, 4.69) is 31.3 Å². The van der Waals surface area contributed by atoms with Crippen LogP contribution in [0.15, 0.2) is 60.7 Å². The normalized spacial score (nSPS) is 17.0. The third-order valence-electron chi connectivity index (χ3n) is 5.82. The van der Waals surface area contributed by atoms with Gasteiger partial charge in [0.25, 0.3) is 5.91 Å². The first-order valence-electron chi connectivity index (χ1n) is 10.3. The second-order valence-electron chi connectivity index (χ2n) is 7.71. The molecule has 0 bridgehead atoms. The van der Waals surface area contributed by atoms with Gasteiger partial charge < -0.3 is 10.2 Å². The van der Waals surface area contributed by atoms with Crippen molar-refractivity contribution >= 4 is 11.8 Å². The molecule has 2 unspecified atom stereocenters. The molecular weight excluding hydrogens is 348 g/mol. The molecule has 28 heavy (non-hydrogen) atoms. The third-order valence-corrected chi connectivity index (χ3v) is 5.82. The Hall–Kier alpha value is -2.62. The Morgan fingerprint density at radius 2 is 1.57 bits per heavy atom. The summed E-state index contributed by atoms with van der Waals surface area (Å²) in [4.78, 5) is 27.6. The van der Waals surface area contributed by atoms with Gasteiger partial charge in [-0.2, -0.15) is 0 Å². The van der Waals surface area contributed by atoms with Crippen LogP contribution in [0, 0.1) is 5.92 Å². The minimum atomic E-state index is -0.0957. The maximum Gasteiger partial charge on any atom is 0.251 e. The number of hydrogen-bond donors (Lipinski definition) is 1. The van der Waals surface area contributed by atoms with Gasteiger partial charge in [-0.05, 0) is 36.5 Å². The van der Waals surface area contributed by atoms with Crippen LogP contribution < -0.4 is 5.32 Å². The zero-order valence-corrected chi connectivity index (χ0v) is 16.8. The van der Waals surface area contributed by atoms with Crippen LogP contribution in [0.3, 0.4) is 0 Å². The molecule has 2 atom stereocenters. The van der Waals surface area contributed by atoms with Gasteiger partial charge >= 0.3 is 0 Å². The fourth-order valence-corrected chi connectivity index (χ4v) is 3.91. The largest absolute Gasteiger partial charge is 0.349 e. The SMILES string of the molecule is CCC(C)C(C(=O)N1CCC(NC(=O)c2ccccc2)CC1)c1ccccc1. The maximum atomic E-state index is 13.3. The minimum absolute atomic E-state index is 0.0351. The highest BCUT2D eigenvalue weighted by molar-refractivity contribution is 5.94. The van der Waals surface area contributed by atoms with Crippen molar-refractivity contribution in [3.63, 3.8) is 0 Å². The van der Waals surface area contributed by atoms with E-state index >= 15 is 0 Å². The van der Waals surface area contributed by atoms with Crippen LogP contribution in [-0.4, -0.2) is 35.8 Å². The average Bonchev–Trinajstić information content (AvgIpc) is 2.75. The van der Waals surface area contributed by atoms with Gasteiger partial charge in [-0.1, -0.05) is 68.8 Å².